The lowest BCUT2D eigenvalue weighted by molar-refractivity contribution is -0.116. The molecule has 37 heavy (non-hydrogen) atoms. The number of ketones is 1. The molecule has 4 aromatic rings. The molecule has 3 aromatic carbocycles. The Morgan fingerprint density at radius 1 is 1.00 bits per heavy atom. The number of Topliss-reactive ketones (excluding diaryl/α,β-unsaturated/α-hetero) is 1. The number of carbonyl (C=O) groups is 2. The molecule has 0 unspecified atom stereocenters. The number of hydrogen-bond acceptors (Lipinski definition) is 6. The number of aromatic nitrogens is 1. The third-order valence-corrected chi connectivity index (χ3v) is 7.16. The summed E-state index contributed by atoms with van der Waals surface area (Å²) in [6, 6.07) is 20.8. The van der Waals surface area contributed by atoms with E-state index in [4.69, 9.17) is 9.47 Å². The molecule has 6 nitrogen and oxygen atoms in total. The zero-order valence-corrected chi connectivity index (χ0v) is 20.7. The highest BCUT2D eigenvalue weighted by atomic mass is 16.6. The topological polar surface area (TPSA) is 77.5 Å². The van der Waals surface area contributed by atoms with Crippen LogP contribution < -0.4 is 14.8 Å². The van der Waals surface area contributed by atoms with E-state index in [1.807, 2.05) is 55.5 Å². The second kappa shape index (κ2) is 9.21. The number of methoxy groups -OCH3 is 1. The van der Waals surface area contributed by atoms with Crippen LogP contribution >= 0.6 is 0 Å². The molecule has 0 bridgehead atoms. The summed E-state index contributed by atoms with van der Waals surface area (Å²) in [6.07, 6.45) is 3.96. The number of nitrogens with zero attached hydrogens (tertiary/aromatic N) is 1. The summed E-state index contributed by atoms with van der Waals surface area (Å²) < 4.78 is 11.4. The normalized spacial score (nSPS) is 16.6. The molecule has 1 atom stereocenters. The van der Waals surface area contributed by atoms with Crippen LogP contribution in [0.5, 0.6) is 11.5 Å². The van der Waals surface area contributed by atoms with Crippen LogP contribution in [-0.4, -0.2) is 23.8 Å². The number of allylic oxidation sites excluding steroid dienone is 2. The molecule has 0 radical (unpaired) electrons. The van der Waals surface area contributed by atoms with E-state index in [1.165, 1.54) is 0 Å². The minimum Gasteiger partial charge on any atom is -0.493 e. The average Bonchev–Trinajstić information content (AvgIpc) is 2.92. The first-order valence-corrected chi connectivity index (χ1v) is 12.4. The molecule has 0 amide bonds. The van der Waals surface area contributed by atoms with Gasteiger partial charge in [0.2, 0.25) is 0 Å². The molecule has 0 saturated heterocycles. The largest absolute Gasteiger partial charge is 0.493 e. The Balaban J connectivity index is 1.46. The first-order valence-electron chi connectivity index (χ1n) is 12.4. The van der Waals surface area contributed by atoms with Gasteiger partial charge in [-0.05, 0) is 73.4 Å². The molecule has 2 aliphatic rings. The van der Waals surface area contributed by atoms with Gasteiger partial charge in [-0.3, -0.25) is 9.78 Å². The third kappa shape index (κ3) is 4.04. The molecule has 1 aliphatic carbocycles. The number of carbonyl (C=O) groups excluding carboxylic acids is 2. The molecule has 1 N–H and O–H groups in total. The van der Waals surface area contributed by atoms with Crippen LogP contribution in [0.3, 0.4) is 0 Å². The van der Waals surface area contributed by atoms with E-state index < -0.39 is 5.97 Å². The number of ether oxygens (including phenoxy) is 2. The van der Waals surface area contributed by atoms with Crippen molar-refractivity contribution in [2.45, 2.75) is 32.1 Å². The van der Waals surface area contributed by atoms with Gasteiger partial charge in [-0.2, -0.15) is 0 Å². The van der Waals surface area contributed by atoms with Gasteiger partial charge in [0.15, 0.2) is 17.3 Å². The second-order valence-electron chi connectivity index (χ2n) is 9.49. The van der Waals surface area contributed by atoms with Crippen molar-refractivity contribution in [1.29, 1.82) is 0 Å². The Morgan fingerprint density at radius 2 is 1.84 bits per heavy atom. The monoisotopic (exact) mass is 490 g/mol. The van der Waals surface area contributed by atoms with Crippen molar-refractivity contribution in [3.05, 3.63) is 106 Å². The van der Waals surface area contributed by atoms with Crippen LogP contribution in [-0.2, 0) is 4.79 Å². The fraction of sp³-hybridized carbons (Fsp3) is 0.194. The van der Waals surface area contributed by atoms with Crippen LogP contribution in [0.25, 0.3) is 10.9 Å². The van der Waals surface area contributed by atoms with E-state index in [9.17, 15) is 9.59 Å². The van der Waals surface area contributed by atoms with Gasteiger partial charge in [-0.1, -0.05) is 29.8 Å². The van der Waals surface area contributed by atoms with Gasteiger partial charge in [-0.15, -0.1) is 0 Å². The van der Waals surface area contributed by atoms with Crippen LogP contribution in [0.1, 0.15) is 52.2 Å². The highest BCUT2D eigenvalue weighted by molar-refractivity contribution is 6.03. The lowest BCUT2D eigenvalue weighted by Gasteiger charge is -2.35. The molecule has 0 fully saturated rings. The maximum Gasteiger partial charge on any atom is 0.343 e. The van der Waals surface area contributed by atoms with Gasteiger partial charge < -0.3 is 14.8 Å². The van der Waals surface area contributed by atoms with Crippen molar-refractivity contribution in [3.8, 4) is 11.5 Å². The SMILES string of the molecule is COc1cc([C@H]2C3=C(CCCC3=O)Nc3ccc4ncccc4c32)ccc1OC(=O)c1ccc(C)cc1. The third-order valence-electron chi connectivity index (χ3n) is 7.16. The Bertz CT molecular complexity index is 1590. The van der Waals surface area contributed by atoms with Crippen molar-refractivity contribution < 1.29 is 19.1 Å². The average molecular weight is 491 g/mol. The van der Waals surface area contributed by atoms with Gasteiger partial charge in [0, 0.05) is 40.9 Å². The number of hydrogen-bond donors (Lipinski definition) is 1. The van der Waals surface area contributed by atoms with Crippen LogP contribution in [0, 0.1) is 6.92 Å². The van der Waals surface area contributed by atoms with Crippen molar-refractivity contribution in [2.75, 3.05) is 12.4 Å². The van der Waals surface area contributed by atoms with E-state index in [2.05, 4.69) is 10.3 Å². The molecular formula is C31H26N2O4. The van der Waals surface area contributed by atoms with Gasteiger partial charge in [0.1, 0.15) is 0 Å². The van der Waals surface area contributed by atoms with Gasteiger partial charge in [-0.25, -0.2) is 4.79 Å². The van der Waals surface area contributed by atoms with Crippen LogP contribution in [0.4, 0.5) is 5.69 Å². The molecule has 0 saturated carbocycles. The number of nitrogens with one attached hydrogen (secondary N) is 1. The van der Waals surface area contributed by atoms with E-state index in [-0.39, 0.29) is 11.7 Å². The first-order chi connectivity index (χ1) is 18.0. The van der Waals surface area contributed by atoms with Gasteiger partial charge in [0.25, 0.3) is 0 Å². The zero-order chi connectivity index (χ0) is 25.5. The molecule has 2 heterocycles. The van der Waals surface area contributed by atoms with E-state index in [1.54, 1.807) is 31.5 Å². The predicted molar refractivity (Wildman–Crippen MR) is 142 cm³/mol. The van der Waals surface area contributed by atoms with Crippen molar-refractivity contribution in [3.63, 3.8) is 0 Å². The Kier molecular flexibility index (Phi) is 5.72. The zero-order valence-electron chi connectivity index (χ0n) is 20.7. The lowest BCUT2D eigenvalue weighted by Crippen LogP contribution is -2.27. The van der Waals surface area contributed by atoms with Crippen molar-refractivity contribution >= 4 is 28.3 Å². The summed E-state index contributed by atoms with van der Waals surface area (Å²) in [4.78, 5) is 30.6. The minimum absolute atomic E-state index is 0.152. The lowest BCUT2D eigenvalue weighted by atomic mass is 9.74. The Labute approximate surface area is 214 Å². The first kappa shape index (κ1) is 23.0. The molecule has 6 heteroatoms. The maximum atomic E-state index is 13.3. The summed E-state index contributed by atoms with van der Waals surface area (Å²) in [5.41, 5.74) is 7.07. The number of esters is 1. The summed E-state index contributed by atoms with van der Waals surface area (Å²) >= 11 is 0. The van der Waals surface area contributed by atoms with E-state index >= 15 is 0 Å². The number of benzene rings is 3. The van der Waals surface area contributed by atoms with Crippen LogP contribution in [0.2, 0.25) is 0 Å². The molecule has 1 aromatic heterocycles. The van der Waals surface area contributed by atoms with Gasteiger partial charge in [0.05, 0.1) is 18.2 Å². The van der Waals surface area contributed by atoms with Crippen molar-refractivity contribution in [1.82, 2.24) is 4.98 Å². The highest BCUT2D eigenvalue weighted by Gasteiger charge is 2.36. The number of anilines is 1. The molecule has 0 spiro atoms. The predicted octanol–water partition coefficient (Wildman–Crippen LogP) is 6.34. The molecular weight excluding hydrogens is 464 g/mol. The summed E-state index contributed by atoms with van der Waals surface area (Å²) in [5.74, 6) is 0.168. The quantitative estimate of drug-likeness (QED) is 0.266. The molecule has 6 rings (SSSR count). The Hall–Kier alpha value is -4.45. The molecule has 1 aliphatic heterocycles. The number of pyridine rings is 1. The summed E-state index contributed by atoms with van der Waals surface area (Å²) in [5, 5.41) is 4.54. The fourth-order valence-electron chi connectivity index (χ4n) is 5.36. The highest BCUT2D eigenvalue weighted by Crippen LogP contribution is 2.48. The fourth-order valence-corrected chi connectivity index (χ4v) is 5.36. The van der Waals surface area contributed by atoms with E-state index in [0.29, 0.717) is 23.5 Å². The minimum atomic E-state index is -0.456. The number of fused-ring (bicyclic) bond motifs is 3. The summed E-state index contributed by atoms with van der Waals surface area (Å²) in [6.45, 7) is 1.97. The maximum absolute atomic E-state index is 13.3. The van der Waals surface area contributed by atoms with E-state index in [0.717, 1.165) is 57.4 Å². The number of aryl methyl sites for hydroxylation is 1. The Morgan fingerprint density at radius 3 is 2.65 bits per heavy atom. The molecule has 184 valence electrons. The van der Waals surface area contributed by atoms with Gasteiger partial charge >= 0.3 is 5.97 Å². The summed E-state index contributed by atoms with van der Waals surface area (Å²) in [7, 11) is 1.55. The smallest absolute Gasteiger partial charge is 0.343 e. The standard InChI is InChI=1S/C31H26N2O4/c1-18-8-10-19(11-9-18)31(35)37-26-15-12-20(17-27(26)36-2)28-29-21-5-4-16-32-22(21)13-14-24(29)33-23-6-3-7-25(34)30(23)28/h4-5,8-17,28,33H,3,6-7H2,1-2H3/t28-/m1/s1. The number of rotatable bonds is 4. The second-order valence-corrected chi connectivity index (χ2v) is 9.49. The van der Waals surface area contributed by atoms with Crippen LogP contribution in [0.15, 0.2) is 84.2 Å². The van der Waals surface area contributed by atoms with Crippen molar-refractivity contribution in [2.24, 2.45) is 0 Å².